The van der Waals surface area contributed by atoms with Gasteiger partial charge in [0.15, 0.2) is 5.82 Å². The predicted octanol–water partition coefficient (Wildman–Crippen LogP) is 8.11. The van der Waals surface area contributed by atoms with E-state index in [2.05, 4.69) is 41.7 Å². The topological polar surface area (TPSA) is 113 Å². The van der Waals surface area contributed by atoms with Crippen molar-refractivity contribution in [2.75, 3.05) is 24.1 Å². The SMILES string of the molecule is Nc1ccc(Cl)c(-c2ccc3c(c2)c(NC(=O)[C@@H]2CCCN(C(=O)O)C2)nn3C(c2ccccc2)(c2ccccc2)c2ccccc2)c1. The second-order valence-corrected chi connectivity index (χ2v) is 12.5. The molecule has 1 saturated heterocycles. The molecular formula is C39H34ClN5O3. The number of nitrogens with zero attached hydrogens (tertiary/aromatic N) is 3. The van der Waals surface area contributed by atoms with Crippen LogP contribution in [0.5, 0.6) is 0 Å². The van der Waals surface area contributed by atoms with Gasteiger partial charge in [0.25, 0.3) is 0 Å². The molecule has 1 atom stereocenters. The second-order valence-electron chi connectivity index (χ2n) is 12.1. The highest BCUT2D eigenvalue weighted by molar-refractivity contribution is 6.33. The second kappa shape index (κ2) is 12.9. The molecule has 7 rings (SSSR count). The van der Waals surface area contributed by atoms with Crippen LogP contribution in [0.15, 0.2) is 127 Å². The van der Waals surface area contributed by atoms with Gasteiger partial charge in [0, 0.05) is 34.7 Å². The number of carbonyl (C=O) groups is 2. The molecule has 1 aliphatic heterocycles. The summed E-state index contributed by atoms with van der Waals surface area (Å²) in [5.41, 5.74) is 11.1. The van der Waals surface area contributed by atoms with Gasteiger partial charge in [0.2, 0.25) is 5.91 Å². The fraction of sp³-hybridized carbons (Fsp3) is 0.154. The third kappa shape index (κ3) is 5.54. The molecule has 2 heterocycles. The van der Waals surface area contributed by atoms with Crippen LogP contribution in [0.1, 0.15) is 29.5 Å². The van der Waals surface area contributed by atoms with Crippen molar-refractivity contribution in [3.63, 3.8) is 0 Å². The van der Waals surface area contributed by atoms with Crippen molar-refractivity contribution < 1.29 is 14.7 Å². The van der Waals surface area contributed by atoms with E-state index in [-0.39, 0.29) is 12.5 Å². The first kappa shape index (κ1) is 31.0. The number of amides is 2. The minimum atomic E-state index is -1.02. The Hall–Kier alpha value is -5.60. The van der Waals surface area contributed by atoms with Gasteiger partial charge in [-0.15, -0.1) is 0 Å². The third-order valence-corrected chi connectivity index (χ3v) is 9.51. The number of fused-ring (bicyclic) bond motifs is 1. The largest absolute Gasteiger partial charge is 0.465 e. The fourth-order valence-electron chi connectivity index (χ4n) is 6.89. The van der Waals surface area contributed by atoms with E-state index in [1.807, 2.05) is 83.5 Å². The standard InChI is InChI=1S/C39H34ClN5O3/c40-34-20-19-31(41)24-32(34)26-18-21-35-33(23-26)36(42-37(46)27-11-10-22-44(25-27)38(47)48)43-45(35)39(28-12-4-1-5-13-28,29-14-6-2-7-15-29)30-16-8-3-9-17-30/h1-9,12-21,23-24,27H,10-11,22,25,41H2,(H,47,48)(H,42,43,46)/t27-/m1/s1. The van der Waals surface area contributed by atoms with Crippen LogP contribution >= 0.6 is 11.6 Å². The number of hydrogen-bond donors (Lipinski definition) is 3. The van der Waals surface area contributed by atoms with E-state index in [0.717, 1.165) is 33.3 Å². The molecule has 0 unspecified atom stereocenters. The van der Waals surface area contributed by atoms with Crippen molar-refractivity contribution in [2.45, 2.75) is 18.4 Å². The summed E-state index contributed by atoms with van der Waals surface area (Å²) in [7, 11) is 0. The number of anilines is 2. The highest BCUT2D eigenvalue weighted by Gasteiger charge is 2.41. The van der Waals surface area contributed by atoms with Crippen molar-refractivity contribution >= 4 is 46.0 Å². The van der Waals surface area contributed by atoms with E-state index in [1.165, 1.54) is 4.90 Å². The average Bonchev–Trinajstić information content (AvgIpc) is 3.48. The van der Waals surface area contributed by atoms with Crippen LogP contribution < -0.4 is 11.1 Å². The van der Waals surface area contributed by atoms with E-state index in [9.17, 15) is 14.7 Å². The third-order valence-electron chi connectivity index (χ3n) is 9.18. The summed E-state index contributed by atoms with van der Waals surface area (Å²) in [5.74, 6) is -0.412. The Morgan fingerprint density at radius 2 is 1.44 bits per heavy atom. The number of rotatable bonds is 7. The minimum absolute atomic E-state index is 0.131. The number of likely N-dealkylation sites (tertiary alicyclic amines) is 1. The van der Waals surface area contributed by atoms with Crippen LogP contribution in [0.25, 0.3) is 22.0 Å². The molecule has 5 aromatic carbocycles. The fourth-order valence-corrected chi connectivity index (χ4v) is 7.11. The Kier molecular flexibility index (Phi) is 8.33. The van der Waals surface area contributed by atoms with E-state index < -0.39 is 17.6 Å². The lowest BCUT2D eigenvalue weighted by Gasteiger charge is -2.37. The summed E-state index contributed by atoms with van der Waals surface area (Å²) in [5, 5.41) is 19.2. The number of aromatic nitrogens is 2. The normalized spacial score (nSPS) is 14.9. The van der Waals surface area contributed by atoms with Crippen molar-refractivity contribution in [1.29, 1.82) is 0 Å². The molecule has 9 heteroatoms. The molecule has 240 valence electrons. The number of carboxylic acid groups (broad SMARTS) is 1. The van der Waals surface area contributed by atoms with Crippen LogP contribution in [0.2, 0.25) is 5.02 Å². The molecule has 6 aromatic rings. The minimum Gasteiger partial charge on any atom is -0.465 e. The Bertz CT molecular complexity index is 2000. The Morgan fingerprint density at radius 3 is 2.02 bits per heavy atom. The average molecular weight is 656 g/mol. The van der Waals surface area contributed by atoms with Crippen LogP contribution in [-0.4, -0.2) is 44.9 Å². The number of nitrogens with one attached hydrogen (secondary N) is 1. The summed E-state index contributed by atoms with van der Waals surface area (Å²) in [4.78, 5) is 26.9. The van der Waals surface area contributed by atoms with Gasteiger partial charge in [0.05, 0.1) is 11.4 Å². The van der Waals surface area contributed by atoms with Gasteiger partial charge in [-0.3, -0.25) is 4.79 Å². The number of benzene rings is 5. The number of carbonyl (C=O) groups excluding carboxylic acids is 1. The zero-order valence-corrected chi connectivity index (χ0v) is 26.8. The Labute approximate surface area is 283 Å². The van der Waals surface area contributed by atoms with Crippen LogP contribution in [-0.2, 0) is 10.3 Å². The molecule has 4 N–H and O–H groups in total. The predicted molar refractivity (Wildman–Crippen MR) is 190 cm³/mol. The lowest BCUT2D eigenvalue weighted by molar-refractivity contribution is -0.121. The van der Waals surface area contributed by atoms with Crippen molar-refractivity contribution in [1.82, 2.24) is 14.7 Å². The first-order chi connectivity index (χ1) is 23.4. The number of hydrogen-bond acceptors (Lipinski definition) is 4. The zero-order chi connectivity index (χ0) is 33.3. The summed E-state index contributed by atoms with van der Waals surface area (Å²) >= 11 is 6.67. The van der Waals surface area contributed by atoms with Crippen molar-refractivity contribution in [2.24, 2.45) is 5.92 Å². The van der Waals surface area contributed by atoms with Gasteiger partial charge in [-0.05, 0) is 65.4 Å². The summed E-state index contributed by atoms with van der Waals surface area (Å²) in [6, 6.07) is 41.9. The molecule has 0 aliphatic carbocycles. The lowest BCUT2D eigenvalue weighted by atomic mass is 9.77. The van der Waals surface area contributed by atoms with Crippen LogP contribution in [0, 0.1) is 5.92 Å². The maximum Gasteiger partial charge on any atom is 0.407 e. The highest BCUT2D eigenvalue weighted by Crippen LogP contribution is 2.44. The molecule has 1 aliphatic rings. The van der Waals surface area contributed by atoms with E-state index in [4.69, 9.17) is 22.4 Å². The molecule has 2 amide bonds. The monoisotopic (exact) mass is 655 g/mol. The molecule has 0 bridgehead atoms. The van der Waals surface area contributed by atoms with Gasteiger partial charge in [-0.25, -0.2) is 9.48 Å². The zero-order valence-electron chi connectivity index (χ0n) is 26.1. The molecule has 0 spiro atoms. The van der Waals surface area contributed by atoms with Gasteiger partial charge in [0.1, 0.15) is 5.54 Å². The van der Waals surface area contributed by atoms with E-state index >= 15 is 0 Å². The smallest absolute Gasteiger partial charge is 0.407 e. The summed E-state index contributed by atoms with van der Waals surface area (Å²) in [6.07, 6.45) is 0.168. The quantitative estimate of drug-likeness (QED) is 0.119. The molecule has 1 aromatic heterocycles. The molecular weight excluding hydrogens is 622 g/mol. The van der Waals surface area contributed by atoms with E-state index in [0.29, 0.717) is 41.3 Å². The van der Waals surface area contributed by atoms with Gasteiger partial charge in [-0.1, -0.05) is 109 Å². The number of nitrogen functional groups attached to an aromatic ring is 1. The Balaban J connectivity index is 1.49. The van der Waals surface area contributed by atoms with E-state index in [1.54, 1.807) is 12.1 Å². The lowest BCUT2D eigenvalue weighted by Crippen LogP contribution is -2.43. The summed E-state index contributed by atoms with van der Waals surface area (Å²) < 4.78 is 1.99. The highest BCUT2D eigenvalue weighted by atomic mass is 35.5. The van der Waals surface area contributed by atoms with Crippen LogP contribution in [0.4, 0.5) is 16.3 Å². The van der Waals surface area contributed by atoms with Gasteiger partial charge in [-0.2, -0.15) is 5.10 Å². The first-order valence-electron chi connectivity index (χ1n) is 15.9. The molecule has 0 radical (unpaired) electrons. The number of piperidine rings is 1. The number of nitrogens with two attached hydrogens (primary N) is 1. The maximum atomic E-state index is 13.9. The maximum absolute atomic E-state index is 13.9. The summed E-state index contributed by atoms with van der Waals surface area (Å²) in [6.45, 7) is 0.542. The molecule has 8 nitrogen and oxygen atoms in total. The first-order valence-corrected chi connectivity index (χ1v) is 16.3. The number of halogens is 1. The molecule has 1 fully saturated rings. The van der Waals surface area contributed by atoms with Crippen molar-refractivity contribution in [3.05, 3.63) is 149 Å². The van der Waals surface area contributed by atoms with Crippen LogP contribution in [0.3, 0.4) is 0 Å². The molecule has 0 saturated carbocycles. The van der Waals surface area contributed by atoms with Gasteiger partial charge < -0.3 is 21.1 Å². The van der Waals surface area contributed by atoms with Gasteiger partial charge >= 0.3 is 6.09 Å². The molecule has 48 heavy (non-hydrogen) atoms. The Morgan fingerprint density at radius 1 is 0.833 bits per heavy atom. The van der Waals surface area contributed by atoms with Crippen molar-refractivity contribution in [3.8, 4) is 11.1 Å².